The number of amides is 1. The van der Waals surface area contributed by atoms with Crippen molar-refractivity contribution in [3.8, 4) is 11.5 Å². The average Bonchev–Trinajstić information content (AvgIpc) is 3.01. The fraction of sp³-hybridized carbons (Fsp3) is 0.0625. The summed E-state index contributed by atoms with van der Waals surface area (Å²) in [6, 6.07) is 13.0. The van der Waals surface area contributed by atoms with E-state index in [9.17, 15) is 9.18 Å². The second-order valence-electron chi connectivity index (χ2n) is 4.68. The van der Waals surface area contributed by atoms with Gasteiger partial charge in [0, 0.05) is 11.3 Å². The van der Waals surface area contributed by atoms with Crippen molar-refractivity contribution in [3.63, 3.8) is 0 Å². The van der Waals surface area contributed by atoms with E-state index >= 15 is 0 Å². The molecule has 1 amide bonds. The summed E-state index contributed by atoms with van der Waals surface area (Å²) in [7, 11) is 0. The Kier molecular flexibility index (Phi) is 3.91. The SMILES string of the molecule is O=C(Cc1cccc(F)c1)Nc1cccc(-c2nnco2)c1. The summed E-state index contributed by atoms with van der Waals surface area (Å²) in [5, 5.41) is 10.2. The van der Waals surface area contributed by atoms with Crippen LogP contribution in [0.15, 0.2) is 59.3 Å². The highest BCUT2D eigenvalue weighted by atomic mass is 19.1. The van der Waals surface area contributed by atoms with E-state index in [4.69, 9.17) is 4.42 Å². The Hall–Kier alpha value is -3.02. The highest BCUT2D eigenvalue weighted by molar-refractivity contribution is 5.92. The molecular formula is C16H12FN3O2. The summed E-state index contributed by atoms with van der Waals surface area (Å²) in [5.74, 6) is -0.210. The number of nitrogens with zero attached hydrogens (tertiary/aromatic N) is 2. The van der Waals surface area contributed by atoms with Gasteiger partial charge in [-0.2, -0.15) is 0 Å². The van der Waals surface area contributed by atoms with Crippen LogP contribution in [0.25, 0.3) is 11.5 Å². The van der Waals surface area contributed by atoms with Crippen molar-refractivity contribution in [2.24, 2.45) is 0 Å². The van der Waals surface area contributed by atoms with Crippen LogP contribution >= 0.6 is 0 Å². The van der Waals surface area contributed by atoms with E-state index in [1.54, 1.807) is 36.4 Å². The van der Waals surface area contributed by atoms with E-state index in [1.165, 1.54) is 18.5 Å². The number of hydrogen-bond donors (Lipinski definition) is 1. The molecule has 0 spiro atoms. The maximum Gasteiger partial charge on any atom is 0.247 e. The van der Waals surface area contributed by atoms with Crippen LogP contribution in [0.4, 0.5) is 10.1 Å². The minimum absolute atomic E-state index is 0.0997. The van der Waals surface area contributed by atoms with Gasteiger partial charge in [-0.1, -0.05) is 18.2 Å². The number of carbonyl (C=O) groups is 1. The van der Waals surface area contributed by atoms with Crippen LogP contribution in [0.2, 0.25) is 0 Å². The Morgan fingerprint density at radius 3 is 2.82 bits per heavy atom. The van der Waals surface area contributed by atoms with E-state index in [-0.39, 0.29) is 18.1 Å². The van der Waals surface area contributed by atoms with Gasteiger partial charge in [-0.25, -0.2) is 4.39 Å². The molecule has 0 bridgehead atoms. The molecule has 0 radical (unpaired) electrons. The van der Waals surface area contributed by atoms with Gasteiger partial charge in [-0.15, -0.1) is 10.2 Å². The Balaban J connectivity index is 1.70. The van der Waals surface area contributed by atoms with Crippen LogP contribution in [-0.2, 0) is 11.2 Å². The highest BCUT2D eigenvalue weighted by Gasteiger charge is 2.08. The number of hydrogen-bond acceptors (Lipinski definition) is 4. The molecule has 6 heteroatoms. The molecule has 0 fully saturated rings. The molecule has 0 aliphatic carbocycles. The lowest BCUT2D eigenvalue weighted by Crippen LogP contribution is -2.14. The molecule has 1 heterocycles. The molecule has 3 rings (SSSR count). The summed E-state index contributed by atoms with van der Waals surface area (Å²) in [4.78, 5) is 12.0. The lowest BCUT2D eigenvalue weighted by Gasteiger charge is -2.06. The van der Waals surface area contributed by atoms with Gasteiger partial charge in [0.25, 0.3) is 0 Å². The maximum atomic E-state index is 13.1. The van der Waals surface area contributed by atoms with E-state index < -0.39 is 0 Å². The molecule has 1 N–H and O–H groups in total. The highest BCUT2D eigenvalue weighted by Crippen LogP contribution is 2.20. The minimum Gasteiger partial charge on any atom is -0.423 e. The second kappa shape index (κ2) is 6.17. The molecule has 0 unspecified atom stereocenters. The third-order valence-corrected chi connectivity index (χ3v) is 3.01. The lowest BCUT2D eigenvalue weighted by atomic mass is 10.1. The van der Waals surface area contributed by atoms with Gasteiger partial charge in [0.2, 0.25) is 18.2 Å². The van der Waals surface area contributed by atoms with Crippen molar-refractivity contribution in [1.29, 1.82) is 0 Å². The standard InChI is InChI=1S/C16H12FN3O2/c17-13-5-1-3-11(7-13)8-15(21)19-14-6-2-4-12(9-14)16-20-18-10-22-16/h1-7,9-10H,8H2,(H,19,21). The zero-order valence-corrected chi connectivity index (χ0v) is 11.5. The van der Waals surface area contributed by atoms with E-state index in [1.807, 2.05) is 0 Å². The summed E-state index contributed by atoms with van der Waals surface area (Å²) < 4.78 is 18.2. The van der Waals surface area contributed by atoms with Gasteiger partial charge >= 0.3 is 0 Å². The fourth-order valence-corrected chi connectivity index (χ4v) is 2.07. The molecule has 22 heavy (non-hydrogen) atoms. The number of rotatable bonds is 4. The molecule has 0 atom stereocenters. The predicted molar refractivity (Wildman–Crippen MR) is 78.5 cm³/mol. The van der Waals surface area contributed by atoms with Gasteiger partial charge in [-0.05, 0) is 35.9 Å². The lowest BCUT2D eigenvalue weighted by molar-refractivity contribution is -0.115. The summed E-state index contributed by atoms with van der Waals surface area (Å²) in [5.41, 5.74) is 1.93. The topological polar surface area (TPSA) is 68.0 Å². The number of aromatic nitrogens is 2. The zero-order chi connectivity index (χ0) is 15.4. The summed E-state index contributed by atoms with van der Waals surface area (Å²) >= 11 is 0. The Morgan fingerprint density at radius 2 is 2.05 bits per heavy atom. The molecule has 5 nitrogen and oxygen atoms in total. The van der Waals surface area contributed by atoms with Crippen LogP contribution in [0.1, 0.15) is 5.56 Å². The second-order valence-corrected chi connectivity index (χ2v) is 4.68. The number of nitrogens with one attached hydrogen (secondary N) is 1. The molecule has 1 aromatic heterocycles. The third kappa shape index (κ3) is 3.35. The monoisotopic (exact) mass is 297 g/mol. The average molecular weight is 297 g/mol. The van der Waals surface area contributed by atoms with Crippen molar-refractivity contribution in [2.75, 3.05) is 5.32 Å². The van der Waals surface area contributed by atoms with Crippen LogP contribution in [0, 0.1) is 5.82 Å². The Labute approximate surface area is 125 Å². The van der Waals surface area contributed by atoms with Crippen molar-refractivity contribution in [1.82, 2.24) is 10.2 Å². The number of carbonyl (C=O) groups excluding carboxylic acids is 1. The third-order valence-electron chi connectivity index (χ3n) is 3.01. The number of anilines is 1. The summed E-state index contributed by atoms with van der Waals surface area (Å²) in [6.45, 7) is 0. The molecule has 0 aliphatic heterocycles. The van der Waals surface area contributed by atoms with Gasteiger partial charge in [0.05, 0.1) is 6.42 Å². The van der Waals surface area contributed by atoms with E-state index in [0.717, 1.165) is 0 Å². The number of halogens is 1. The van der Waals surface area contributed by atoms with Crippen LogP contribution in [0.3, 0.4) is 0 Å². The van der Waals surface area contributed by atoms with Crippen LogP contribution in [0.5, 0.6) is 0 Å². The van der Waals surface area contributed by atoms with Crippen molar-refractivity contribution < 1.29 is 13.6 Å². The molecule has 3 aromatic rings. The maximum absolute atomic E-state index is 13.1. The van der Waals surface area contributed by atoms with Gasteiger partial charge in [0.1, 0.15) is 5.82 Å². The van der Waals surface area contributed by atoms with Crippen molar-refractivity contribution in [3.05, 3.63) is 66.3 Å². The van der Waals surface area contributed by atoms with Crippen molar-refractivity contribution >= 4 is 11.6 Å². The van der Waals surface area contributed by atoms with Crippen LogP contribution in [-0.4, -0.2) is 16.1 Å². The predicted octanol–water partition coefficient (Wildman–Crippen LogP) is 3.06. The largest absolute Gasteiger partial charge is 0.423 e. The van der Waals surface area contributed by atoms with E-state index in [2.05, 4.69) is 15.5 Å². The van der Waals surface area contributed by atoms with Gasteiger partial charge in [0.15, 0.2) is 0 Å². The van der Waals surface area contributed by atoms with Gasteiger partial charge < -0.3 is 9.73 Å². The first kappa shape index (κ1) is 13.9. The molecule has 0 saturated carbocycles. The van der Waals surface area contributed by atoms with Crippen molar-refractivity contribution in [2.45, 2.75) is 6.42 Å². The fourth-order valence-electron chi connectivity index (χ4n) is 2.07. The first-order chi connectivity index (χ1) is 10.7. The molecule has 0 aliphatic rings. The zero-order valence-electron chi connectivity index (χ0n) is 11.5. The normalized spacial score (nSPS) is 10.4. The Bertz CT molecular complexity index is 788. The first-order valence-electron chi connectivity index (χ1n) is 6.61. The molecule has 2 aromatic carbocycles. The minimum atomic E-state index is -0.358. The molecule has 0 saturated heterocycles. The van der Waals surface area contributed by atoms with Crippen LogP contribution < -0.4 is 5.32 Å². The quantitative estimate of drug-likeness (QED) is 0.803. The van der Waals surface area contributed by atoms with E-state index in [0.29, 0.717) is 22.7 Å². The smallest absolute Gasteiger partial charge is 0.247 e. The molecular weight excluding hydrogens is 285 g/mol. The first-order valence-corrected chi connectivity index (χ1v) is 6.61. The number of benzene rings is 2. The summed E-state index contributed by atoms with van der Waals surface area (Å²) in [6.07, 6.45) is 1.34. The Morgan fingerprint density at radius 1 is 1.18 bits per heavy atom. The van der Waals surface area contributed by atoms with Gasteiger partial charge in [-0.3, -0.25) is 4.79 Å². The molecule has 110 valence electrons.